The summed E-state index contributed by atoms with van der Waals surface area (Å²) in [5.74, 6) is 0.222. The van der Waals surface area contributed by atoms with Gasteiger partial charge >= 0.3 is 0 Å². The lowest BCUT2D eigenvalue weighted by Crippen LogP contribution is -2.23. The Balaban J connectivity index is 2.19. The van der Waals surface area contributed by atoms with Crippen molar-refractivity contribution < 1.29 is 8.76 Å². The summed E-state index contributed by atoms with van der Waals surface area (Å²) in [4.78, 5) is 1.95. The molecule has 0 N–H and O–H groups in total. The molecule has 0 saturated carbocycles. The van der Waals surface area contributed by atoms with Crippen molar-refractivity contribution in [1.82, 2.24) is 4.90 Å². The van der Waals surface area contributed by atoms with Gasteiger partial charge in [0.05, 0.1) is 5.88 Å². The van der Waals surface area contributed by atoms with Crippen molar-refractivity contribution in [3.05, 3.63) is 0 Å². The van der Waals surface area contributed by atoms with Crippen molar-refractivity contribution in [2.75, 3.05) is 19.0 Å². The molecular formula is C5H10NO2S-. The molecule has 1 rings (SSSR count). The highest BCUT2D eigenvalue weighted by molar-refractivity contribution is 7.79. The molecule has 3 nitrogen and oxygen atoms in total. The fourth-order valence-electron chi connectivity index (χ4n) is 1.06. The third-order valence-corrected chi connectivity index (χ3v) is 2.06. The fraction of sp³-hybridized carbons (Fsp3) is 1.00. The molecule has 0 amide bonds. The van der Waals surface area contributed by atoms with Crippen LogP contribution in [0.4, 0.5) is 0 Å². The van der Waals surface area contributed by atoms with Crippen molar-refractivity contribution in [1.29, 1.82) is 0 Å². The van der Waals surface area contributed by atoms with Crippen LogP contribution in [0.3, 0.4) is 0 Å². The second kappa shape index (κ2) is 3.29. The molecule has 0 aromatic heterocycles. The van der Waals surface area contributed by atoms with E-state index in [4.69, 9.17) is 0 Å². The fourth-order valence-corrected chi connectivity index (χ4v) is 1.62. The van der Waals surface area contributed by atoms with E-state index in [1.165, 1.54) is 0 Å². The maximum atomic E-state index is 10.1. The molecule has 1 heterocycles. The van der Waals surface area contributed by atoms with Gasteiger partial charge in [0.15, 0.2) is 0 Å². The van der Waals surface area contributed by atoms with Crippen molar-refractivity contribution in [3.63, 3.8) is 0 Å². The first kappa shape index (κ1) is 7.18. The third kappa shape index (κ3) is 2.43. The lowest BCUT2D eigenvalue weighted by Gasteiger charge is -2.15. The molecule has 0 aromatic rings. The number of likely N-dealkylation sites (tertiary alicyclic amines) is 1. The Morgan fingerprint density at radius 2 is 2.00 bits per heavy atom. The van der Waals surface area contributed by atoms with E-state index in [0.29, 0.717) is 0 Å². The SMILES string of the molecule is O=S([O-])CN1CCCC1. The van der Waals surface area contributed by atoms with E-state index >= 15 is 0 Å². The number of nitrogens with zero attached hydrogens (tertiary/aromatic N) is 1. The lowest BCUT2D eigenvalue weighted by molar-refractivity contribution is 0.381. The Kier molecular flexibility index (Phi) is 2.63. The highest BCUT2D eigenvalue weighted by Crippen LogP contribution is 2.06. The van der Waals surface area contributed by atoms with Crippen LogP contribution in [0.2, 0.25) is 0 Å². The molecule has 9 heavy (non-hydrogen) atoms. The summed E-state index contributed by atoms with van der Waals surface area (Å²) in [5, 5.41) is 0. The van der Waals surface area contributed by atoms with Gasteiger partial charge in [-0.15, -0.1) is 0 Å². The lowest BCUT2D eigenvalue weighted by atomic mass is 10.4. The van der Waals surface area contributed by atoms with Gasteiger partial charge in [-0.25, -0.2) is 0 Å². The predicted molar refractivity (Wildman–Crippen MR) is 34.6 cm³/mol. The molecule has 54 valence electrons. The first-order chi connectivity index (χ1) is 4.29. The summed E-state index contributed by atoms with van der Waals surface area (Å²) in [7, 11) is 0. The zero-order valence-corrected chi connectivity index (χ0v) is 6.02. The molecule has 0 bridgehead atoms. The van der Waals surface area contributed by atoms with E-state index < -0.39 is 11.1 Å². The Labute approximate surface area is 57.3 Å². The first-order valence-corrected chi connectivity index (χ1v) is 4.31. The predicted octanol–water partition coefficient (Wildman–Crippen LogP) is -0.0812. The average molecular weight is 148 g/mol. The monoisotopic (exact) mass is 148 g/mol. The zero-order valence-electron chi connectivity index (χ0n) is 5.21. The van der Waals surface area contributed by atoms with Crippen molar-refractivity contribution in [2.24, 2.45) is 0 Å². The summed E-state index contributed by atoms with van der Waals surface area (Å²) < 4.78 is 20.2. The first-order valence-electron chi connectivity index (χ1n) is 3.07. The van der Waals surface area contributed by atoms with Gasteiger partial charge in [-0.2, -0.15) is 0 Å². The van der Waals surface area contributed by atoms with Gasteiger partial charge in [0.2, 0.25) is 0 Å². The highest BCUT2D eigenvalue weighted by Gasteiger charge is 2.09. The van der Waals surface area contributed by atoms with Crippen LogP contribution < -0.4 is 0 Å². The maximum Gasteiger partial charge on any atom is 0.0613 e. The minimum Gasteiger partial charge on any atom is -0.771 e. The van der Waals surface area contributed by atoms with Crippen molar-refractivity contribution >= 4 is 11.1 Å². The minimum absolute atomic E-state index is 0.222. The summed E-state index contributed by atoms with van der Waals surface area (Å²) in [5.41, 5.74) is 0. The molecule has 1 aliphatic heterocycles. The topological polar surface area (TPSA) is 43.4 Å². The number of hydrogen-bond acceptors (Lipinski definition) is 3. The smallest absolute Gasteiger partial charge is 0.0613 e. The molecule has 0 aliphatic carbocycles. The summed E-state index contributed by atoms with van der Waals surface area (Å²) in [6, 6.07) is 0. The molecule has 0 radical (unpaired) electrons. The maximum absolute atomic E-state index is 10.1. The Hall–Kier alpha value is 0.0700. The number of hydrogen-bond donors (Lipinski definition) is 0. The van der Waals surface area contributed by atoms with Crippen LogP contribution in [0.1, 0.15) is 12.8 Å². The van der Waals surface area contributed by atoms with Gasteiger partial charge in [0.25, 0.3) is 0 Å². The van der Waals surface area contributed by atoms with Gasteiger partial charge in [-0.05, 0) is 37.0 Å². The van der Waals surface area contributed by atoms with E-state index in [1.54, 1.807) is 0 Å². The van der Waals surface area contributed by atoms with Gasteiger partial charge in [0, 0.05) is 0 Å². The molecule has 1 atom stereocenters. The highest BCUT2D eigenvalue weighted by atomic mass is 32.2. The molecule has 1 unspecified atom stereocenters. The molecule has 1 fully saturated rings. The van der Waals surface area contributed by atoms with Crippen LogP contribution in [0.25, 0.3) is 0 Å². The quantitative estimate of drug-likeness (QED) is 0.514. The summed E-state index contributed by atoms with van der Waals surface area (Å²) in [6.07, 6.45) is 2.30. The van der Waals surface area contributed by atoms with Gasteiger partial charge < -0.3 is 4.55 Å². The standard InChI is InChI=1S/C5H11NO2S/c7-9(8)5-6-3-1-2-4-6/h1-5H2,(H,7,8)/p-1. The zero-order chi connectivity index (χ0) is 6.69. The molecule has 0 spiro atoms. The summed E-state index contributed by atoms with van der Waals surface area (Å²) >= 11 is -1.88. The molecule has 1 aliphatic rings. The Morgan fingerprint density at radius 1 is 1.44 bits per heavy atom. The van der Waals surface area contributed by atoms with E-state index in [9.17, 15) is 8.76 Å². The second-order valence-corrected chi connectivity index (χ2v) is 3.12. The third-order valence-electron chi connectivity index (χ3n) is 1.49. The molecule has 0 aromatic carbocycles. The largest absolute Gasteiger partial charge is 0.771 e. The van der Waals surface area contributed by atoms with Crippen molar-refractivity contribution in [2.45, 2.75) is 12.8 Å². The van der Waals surface area contributed by atoms with Gasteiger partial charge in [-0.1, -0.05) is 0 Å². The van der Waals surface area contributed by atoms with E-state index in [-0.39, 0.29) is 5.88 Å². The van der Waals surface area contributed by atoms with Crippen LogP contribution >= 0.6 is 0 Å². The minimum atomic E-state index is -1.88. The van der Waals surface area contributed by atoms with Gasteiger partial charge in [-0.3, -0.25) is 9.11 Å². The van der Waals surface area contributed by atoms with Gasteiger partial charge in [0.1, 0.15) is 0 Å². The molecular weight excluding hydrogens is 138 g/mol. The van der Waals surface area contributed by atoms with Crippen LogP contribution in [-0.2, 0) is 11.1 Å². The van der Waals surface area contributed by atoms with E-state index in [1.807, 2.05) is 4.90 Å². The summed E-state index contributed by atoms with van der Waals surface area (Å²) in [6.45, 7) is 1.90. The van der Waals surface area contributed by atoms with E-state index in [2.05, 4.69) is 0 Å². The van der Waals surface area contributed by atoms with Crippen LogP contribution in [0.15, 0.2) is 0 Å². The Morgan fingerprint density at radius 3 is 2.44 bits per heavy atom. The average Bonchev–Trinajstić information content (AvgIpc) is 2.15. The Bertz CT molecular complexity index is 112. The molecule has 4 heteroatoms. The van der Waals surface area contributed by atoms with Crippen molar-refractivity contribution in [3.8, 4) is 0 Å². The normalized spacial score (nSPS) is 24.6. The van der Waals surface area contributed by atoms with E-state index in [0.717, 1.165) is 25.9 Å². The van der Waals surface area contributed by atoms with Crippen LogP contribution in [0.5, 0.6) is 0 Å². The second-order valence-electron chi connectivity index (χ2n) is 2.26. The van der Waals surface area contributed by atoms with Crippen LogP contribution in [0, 0.1) is 0 Å². The van der Waals surface area contributed by atoms with Crippen LogP contribution in [-0.4, -0.2) is 32.6 Å². The molecule has 1 saturated heterocycles. The number of rotatable bonds is 2.